The fourth-order valence-corrected chi connectivity index (χ4v) is 3.66. The Labute approximate surface area is 197 Å². The van der Waals surface area contributed by atoms with E-state index in [1.165, 1.54) is 0 Å². The number of nitrogens with one attached hydrogen (secondary N) is 1. The van der Waals surface area contributed by atoms with Crippen molar-refractivity contribution in [2.75, 3.05) is 6.54 Å². The highest BCUT2D eigenvalue weighted by atomic mass is 16.4. The second-order valence-corrected chi connectivity index (χ2v) is 8.40. The highest BCUT2D eigenvalue weighted by Crippen LogP contribution is 2.25. The van der Waals surface area contributed by atoms with Gasteiger partial charge in [0.1, 0.15) is 6.04 Å². The lowest BCUT2D eigenvalue weighted by Crippen LogP contribution is -2.53. The molecule has 4 N–H and O–H groups in total. The predicted molar refractivity (Wildman–Crippen MR) is 129 cm³/mol. The van der Waals surface area contributed by atoms with E-state index >= 15 is 0 Å². The minimum Gasteiger partial charge on any atom is -0.480 e. The molecule has 0 aliphatic rings. The molecule has 2 atom stereocenters. The van der Waals surface area contributed by atoms with E-state index in [0.29, 0.717) is 0 Å². The highest BCUT2D eigenvalue weighted by molar-refractivity contribution is 5.87. The molecule has 178 valence electrons. The van der Waals surface area contributed by atoms with Crippen LogP contribution in [-0.2, 0) is 16.0 Å². The summed E-state index contributed by atoms with van der Waals surface area (Å²) in [6, 6.07) is 19.3. The van der Waals surface area contributed by atoms with Crippen molar-refractivity contribution in [1.29, 1.82) is 0 Å². The first-order chi connectivity index (χ1) is 16.2. The van der Waals surface area contributed by atoms with Crippen molar-refractivity contribution >= 4 is 28.7 Å². The molecule has 0 aromatic heterocycles. The number of nitrogens with zero attached hydrogens (tertiary/aromatic N) is 1. The van der Waals surface area contributed by atoms with Crippen LogP contribution in [0.25, 0.3) is 21.9 Å². The van der Waals surface area contributed by atoms with Crippen LogP contribution < -0.4 is 5.32 Å². The molecular weight excluding hydrogens is 436 g/mol. The Balaban J connectivity index is 1.71. The Morgan fingerprint density at radius 3 is 2.06 bits per heavy atom. The molecule has 8 heteroatoms. The van der Waals surface area contributed by atoms with Gasteiger partial charge in [-0.25, -0.2) is 14.4 Å². The van der Waals surface area contributed by atoms with E-state index in [-0.39, 0.29) is 6.42 Å². The molecule has 0 heterocycles. The van der Waals surface area contributed by atoms with Crippen LogP contribution in [0.15, 0.2) is 66.7 Å². The zero-order valence-electron chi connectivity index (χ0n) is 19.0. The average molecular weight is 465 g/mol. The number of carboxylic acid groups (broad SMARTS) is 2. The molecule has 0 aliphatic carbocycles. The van der Waals surface area contributed by atoms with Gasteiger partial charge in [-0.1, -0.05) is 60.7 Å². The summed E-state index contributed by atoms with van der Waals surface area (Å²) in [5.41, 5.74) is 2.75. The van der Waals surface area contributed by atoms with Crippen molar-refractivity contribution in [3.8, 4) is 11.1 Å². The van der Waals surface area contributed by atoms with Gasteiger partial charge in [0.25, 0.3) is 0 Å². The number of urea groups is 1. The molecule has 0 saturated carbocycles. The van der Waals surface area contributed by atoms with Crippen molar-refractivity contribution in [2.45, 2.75) is 38.5 Å². The van der Waals surface area contributed by atoms with Crippen LogP contribution >= 0.6 is 0 Å². The summed E-state index contributed by atoms with van der Waals surface area (Å²) in [6.45, 7) is 2.84. The number of aliphatic hydroxyl groups excluding tert-OH is 1. The summed E-state index contributed by atoms with van der Waals surface area (Å²) in [5, 5.41) is 32.9. The third kappa shape index (κ3) is 6.11. The van der Waals surface area contributed by atoms with Crippen molar-refractivity contribution in [2.24, 2.45) is 0 Å². The SMILES string of the molecule is CC(C)N(CC(O)C(=O)O)C(=O)N[C@@H](Cc1ccc(-c2ccc3ccccc3c2)cc1)C(=O)O. The summed E-state index contributed by atoms with van der Waals surface area (Å²) in [7, 11) is 0. The normalized spacial score (nSPS) is 12.8. The number of carboxylic acids is 2. The largest absolute Gasteiger partial charge is 0.480 e. The van der Waals surface area contributed by atoms with Crippen LogP contribution in [0.1, 0.15) is 19.4 Å². The number of carbonyl (C=O) groups excluding carboxylic acids is 1. The second kappa shape index (κ2) is 10.8. The van der Waals surface area contributed by atoms with Crippen LogP contribution in [0.5, 0.6) is 0 Å². The van der Waals surface area contributed by atoms with Gasteiger partial charge >= 0.3 is 18.0 Å². The van der Waals surface area contributed by atoms with Crippen LogP contribution in [0.2, 0.25) is 0 Å². The summed E-state index contributed by atoms with van der Waals surface area (Å²) >= 11 is 0. The number of rotatable bonds is 9. The Bertz CT molecular complexity index is 1180. The molecule has 34 heavy (non-hydrogen) atoms. The lowest BCUT2D eigenvalue weighted by molar-refractivity contribution is -0.147. The maximum absolute atomic E-state index is 12.6. The van der Waals surface area contributed by atoms with Gasteiger partial charge in [-0.2, -0.15) is 0 Å². The first kappa shape index (κ1) is 24.7. The van der Waals surface area contributed by atoms with Crippen LogP contribution in [0, 0.1) is 0 Å². The van der Waals surface area contributed by atoms with E-state index in [9.17, 15) is 24.6 Å². The number of carbonyl (C=O) groups is 3. The van der Waals surface area contributed by atoms with Gasteiger partial charge in [0, 0.05) is 12.5 Å². The number of aliphatic hydroxyl groups is 1. The van der Waals surface area contributed by atoms with E-state index in [4.69, 9.17) is 5.11 Å². The molecule has 1 unspecified atom stereocenters. The van der Waals surface area contributed by atoms with Crippen LogP contribution in [-0.4, -0.2) is 62.9 Å². The van der Waals surface area contributed by atoms with Crippen molar-refractivity contribution in [3.63, 3.8) is 0 Å². The summed E-state index contributed by atoms with van der Waals surface area (Å²) in [4.78, 5) is 36.5. The fraction of sp³-hybridized carbons (Fsp3) is 0.269. The minimum absolute atomic E-state index is 0.0481. The predicted octanol–water partition coefficient (Wildman–Crippen LogP) is 3.37. The number of aliphatic carboxylic acids is 2. The first-order valence-electron chi connectivity index (χ1n) is 10.9. The molecule has 8 nitrogen and oxygen atoms in total. The Hall–Kier alpha value is -3.91. The molecule has 2 amide bonds. The van der Waals surface area contributed by atoms with E-state index in [2.05, 4.69) is 17.4 Å². The standard InChI is InChI=1S/C26H28N2O6/c1-16(2)28(15-23(29)25(32)33)26(34)27-22(24(30)31)13-17-7-9-19(10-8-17)21-12-11-18-5-3-4-6-20(18)14-21/h3-12,14,16,22-23,29H,13,15H2,1-2H3,(H,27,34)(H,30,31)(H,32,33)/t22-,23?/m0/s1. The zero-order valence-corrected chi connectivity index (χ0v) is 19.0. The number of hydrogen-bond acceptors (Lipinski definition) is 4. The lowest BCUT2D eigenvalue weighted by Gasteiger charge is -2.29. The van der Waals surface area contributed by atoms with Gasteiger partial charge < -0.3 is 25.5 Å². The van der Waals surface area contributed by atoms with Crippen molar-refractivity contribution < 1.29 is 29.7 Å². The summed E-state index contributed by atoms with van der Waals surface area (Å²) in [6.07, 6.45) is -1.72. The summed E-state index contributed by atoms with van der Waals surface area (Å²) < 4.78 is 0. The molecular formula is C26H28N2O6. The number of fused-ring (bicyclic) bond motifs is 1. The first-order valence-corrected chi connectivity index (χ1v) is 10.9. The van der Waals surface area contributed by atoms with E-state index < -0.39 is 42.7 Å². The second-order valence-electron chi connectivity index (χ2n) is 8.40. The van der Waals surface area contributed by atoms with Crippen molar-refractivity contribution in [3.05, 3.63) is 72.3 Å². The van der Waals surface area contributed by atoms with Gasteiger partial charge in [-0.15, -0.1) is 0 Å². The molecule has 3 rings (SSSR count). The Morgan fingerprint density at radius 1 is 0.853 bits per heavy atom. The fourth-order valence-electron chi connectivity index (χ4n) is 3.66. The lowest BCUT2D eigenvalue weighted by atomic mass is 9.98. The molecule has 0 fully saturated rings. The van der Waals surface area contributed by atoms with Gasteiger partial charge in [0.05, 0.1) is 6.54 Å². The van der Waals surface area contributed by atoms with Crippen LogP contribution in [0.3, 0.4) is 0 Å². The molecule has 0 aliphatic heterocycles. The zero-order chi connectivity index (χ0) is 24.8. The molecule has 0 bridgehead atoms. The number of amides is 2. The number of hydrogen-bond donors (Lipinski definition) is 4. The average Bonchev–Trinajstić information content (AvgIpc) is 2.81. The molecule has 3 aromatic rings. The Morgan fingerprint density at radius 2 is 1.47 bits per heavy atom. The van der Waals surface area contributed by atoms with Crippen LogP contribution in [0.4, 0.5) is 4.79 Å². The van der Waals surface area contributed by atoms with E-state index in [1.807, 2.05) is 54.6 Å². The third-order valence-corrected chi connectivity index (χ3v) is 5.61. The molecule has 0 spiro atoms. The summed E-state index contributed by atoms with van der Waals surface area (Å²) in [5.74, 6) is -2.67. The smallest absolute Gasteiger partial charge is 0.334 e. The topological polar surface area (TPSA) is 127 Å². The molecule has 0 radical (unpaired) electrons. The Kier molecular flexibility index (Phi) is 7.86. The van der Waals surface area contributed by atoms with E-state index in [1.54, 1.807) is 13.8 Å². The molecule has 3 aromatic carbocycles. The van der Waals surface area contributed by atoms with Gasteiger partial charge in [0.2, 0.25) is 0 Å². The number of benzene rings is 3. The van der Waals surface area contributed by atoms with Gasteiger partial charge in [-0.3, -0.25) is 0 Å². The third-order valence-electron chi connectivity index (χ3n) is 5.61. The van der Waals surface area contributed by atoms with Gasteiger partial charge in [0.15, 0.2) is 6.10 Å². The minimum atomic E-state index is -1.76. The highest BCUT2D eigenvalue weighted by Gasteiger charge is 2.28. The quantitative estimate of drug-likeness (QED) is 0.385. The van der Waals surface area contributed by atoms with Gasteiger partial charge in [-0.05, 0) is 47.4 Å². The van der Waals surface area contributed by atoms with E-state index in [0.717, 1.165) is 32.4 Å². The van der Waals surface area contributed by atoms with Crippen molar-refractivity contribution in [1.82, 2.24) is 10.2 Å². The maximum Gasteiger partial charge on any atom is 0.334 e. The monoisotopic (exact) mass is 464 g/mol. The molecule has 0 saturated heterocycles. The maximum atomic E-state index is 12.6.